The molecule has 3 aromatic carbocycles. The summed E-state index contributed by atoms with van der Waals surface area (Å²) in [5.74, 6) is -0.854. The summed E-state index contributed by atoms with van der Waals surface area (Å²) in [7, 11) is -4.21. The molecule has 4 rings (SSSR count). The third kappa shape index (κ3) is 6.69. The van der Waals surface area contributed by atoms with Gasteiger partial charge in [0.05, 0.1) is 22.9 Å². The summed E-state index contributed by atoms with van der Waals surface area (Å²) < 4.78 is 43.7. The summed E-state index contributed by atoms with van der Waals surface area (Å²) in [6, 6.07) is 15.6. The molecule has 0 spiro atoms. The number of anilines is 2. The molecule has 0 aliphatic carbocycles. The summed E-state index contributed by atoms with van der Waals surface area (Å²) in [4.78, 5) is 36.5. The van der Waals surface area contributed by atoms with E-state index >= 15 is 0 Å². The number of rotatable bonds is 8. The second-order valence-electron chi connectivity index (χ2n) is 7.95. The van der Waals surface area contributed by atoms with Crippen LogP contribution in [0.5, 0.6) is 0 Å². The zero-order chi connectivity index (χ0) is 28.2. The largest absolute Gasteiger partial charge is 0.457 e. The van der Waals surface area contributed by atoms with E-state index in [1.165, 1.54) is 54.6 Å². The molecule has 1 amide bonds. The molecule has 4 aromatic rings. The number of halogens is 2. The van der Waals surface area contributed by atoms with Gasteiger partial charge in [-0.1, -0.05) is 35.3 Å². The predicted molar refractivity (Wildman–Crippen MR) is 146 cm³/mol. The Morgan fingerprint density at radius 2 is 1.74 bits per heavy atom. The number of nitrogens with one attached hydrogen (secondary N) is 2. The maximum absolute atomic E-state index is 13.0. The van der Waals surface area contributed by atoms with Crippen molar-refractivity contribution in [2.75, 3.05) is 16.6 Å². The van der Waals surface area contributed by atoms with Crippen molar-refractivity contribution in [3.05, 3.63) is 98.3 Å². The summed E-state index contributed by atoms with van der Waals surface area (Å²) in [5, 5.41) is 3.08. The molecule has 0 unspecified atom stereocenters. The Morgan fingerprint density at radius 3 is 2.51 bits per heavy atom. The van der Waals surface area contributed by atoms with Gasteiger partial charge in [-0.25, -0.2) is 22.8 Å². The third-order valence-electron chi connectivity index (χ3n) is 5.28. The molecule has 1 heterocycles. The smallest absolute Gasteiger partial charge is 0.411 e. The average molecular weight is 591 g/mol. The van der Waals surface area contributed by atoms with Crippen LogP contribution in [0.15, 0.2) is 80.8 Å². The van der Waals surface area contributed by atoms with Crippen LogP contribution in [0.4, 0.5) is 16.2 Å². The van der Waals surface area contributed by atoms with Crippen LogP contribution >= 0.6 is 23.2 Å². The Hall–Kier alpha value is -4.06. The fraction of sp³-hybridized carbons (Fsp3) is 0.115. The van der Waals surface area contributed by atoms with Crippen molar-refractivity contribution in [2.45, 2.75) is 18.4 Å². The van der Waals surface area contributed by atoms with Crippen LogP contribution in [-0.2, 0) is 26.1 Å². The SMILES string of the molecule is CCOC(=O)Nc1ccc2c(COC(=O)c3ccccc3NS(=O)(=O)c3cc(Cl)ccc3Cl)cc(=O)oc2c1. The van der Waals surface area contributed by atoms with Gasteiger partial charge >= 0.3 is 17.7 Å². The van der Waals surface area contributed by atoms with Gasteiger partial charge < -0.3 is 13.9 Å². The Bertz CT molecular complexity index is 1740. The van der Waals surface area contributed by atoms with E-state index in [-0.39, 0.29) is 45.0 Å². The second kappa shape index (κ2) is 11.8. The number of carbonyl (C=O) groups excluding carboxylic acids is 2. The van der Waals surface area contributed by atoms with E-state index in [0.717, 1.165) is 0 Å². The lowest BCUT2D eigenvalue weighted by atomic mass is 10.1. The highest BCUT2D eigenvalue weighted by Crippen LogP contribution is 2.28. The Balaban J connectivity index is 1.56. The first-order valence-electron chi connectivity index (χ1n) is 11.3. The number of hydrogen-bond donors (Lipinski definition) is 2. The van der Waals surface area contributed by atoms with E-state index in [2.05, 4.69) is 10.0 Å². The van der Waals surface area contributed by atoms with Crippen molar-refractivity contribution in [1.82, 2.24) is 0 Å². The van der Waals surface area contributed by atoms with Gasteiger partial charge in [0.25, 0.3) is 10.0 Å². The Morgan fingerprint density at radius 1 is 0.974 bits per heavy atom. The average Bonchev–Trinajstić information content (AvgIpc) is 2.88. The quantitative estimate of drug-likeness (QED) is 0.193. The first kappa shape index (κ1) is 28.0. The summed E-state index contributed by atoms with van der Waals surface area (Å²) in [5.41, 5.74) is -0.0128. The minimum absolute atomic E-state index is 0.0503. The van der Waals surface area contributed by atoms with E-state index in [4.69, 9.17) is 37.1 Å². The van der Waals surface area contributed by atoms with E-state index in [0.29, 0.717) is 16.6 Å². The van der Waals surface area contributed by atoms with Gasteiger partial charge in [-0.2, -0.15) is 0 Å². The third-order valence-corrected chi connectivity index (χ3v) is 7.37. The van der Waals surface area contributed by atoms with E-state index in [9.17, 15) is 22.8 Å². The van der Waals surface area contributed by atoms with Crippen LogP contribution in [0.25, 0.3) is 11.0 Å². The maximum Gasteiger partial charge on any atom is 0.411 e. The van der Waals surface area contributed by atoms with E-state index in [1.54, 1.807) is 19.1 Å². The summed E-state index contributed by atoms with van der Waals surface area (Å²) in [6.07, 6.45) is -0.670. The lowest BCUT2D eigenvalue weighted by molar-refractivity contribution is 0.0475. The van der Waals surface area contributed by atoms with Gasteiger partial charge in [-0.3, -0.25) is 10.0 Å². The van der Waals surface area contributed by atoms with Gasteiger partial charge in [-0.05, 0) is 49.4 Å². The highest BCUT2D eigenvalue weighted by Gasteiger charge is 2.22. The minimum Gasteiger partial charge on any atom is -0.457 e. The number of amides is 1. The lowest BCUT2D eigenvalue weighted by Gasteiger charge is -2.14. The van der Waals surface area contributed by atoms with Crippen molar-refractivity contribution >= 4 is 67.6 Å². The molecular formula is C26H20Cl2N2O8S. The minimum atomic E-state index is -4.21. The second-order valence-corrected chi connectivity index (χ2v) is 10.4. The van der Waals surface area contributed by atoms with Crippen molar-refractivity contribution in [2.24, 2.45) is 0 Å². The first-order valence-corrected chi connectivity index (χ1v) is 13.6. The van der Waals surface area contributed by atoms with Crippen LogP contribution in [0, 0.1) is 0 Å². The number of carbonyl (C=O) groups is 2. The molecule has 202 valence electrons. The summed E-state index contributed by atoms with van der Waals surface area (Å²) in [6.45, 7) is 1.52. The van der Waals surface area contributed by atoms with Crippen LogP contribution in [0.3, 0.4) is 0 Å². The Labute approximate surface area is 232 Å². The van der Waals surface area contributed by atoms with Crippen molar-refractivity contribution < 1.29 is 31.9 Å². The van der Waals surface area contributed by atoms with Crippen molar-refractivity contribution in [1.29, 1.82) is 0 Å². The summed E-state index contributed by atoms with van der Waals surface area (Å²) >= 11 is 12.0. The molecular weight excluding hydrogens is 571 g/mol. The van der Waals surface area contributed by atoms with Gasteiger partial charge in [0.15, 0.2) is 0 Å². The number of para-hydroxylation sites is 1. The molecule has 0 atom stereocenters. The molecule has 39 heavy (non-hydrogen) atoms. The zero-order valence-corrected chi connectivity index (χ0v) is 22.5. The standard InChI is InChI=1S/C26H20Cl2N2O8S/c1-2-36-26(33)29-17-8-9-18-15(11-24(31)38-22(18)13-17)14-37-25(32)19-5-3-4-6-21(19)30-39(34,35)23-12-16(27)7-10-20(23)28/h3-13,30H,2,14H2,1H3,(H,29,33). The molecule has 13 heteroatoms. The van der Waals surface area contributed by atoms with E-state index in [1.807, 2.05) is 0 Å². The van der Waals surface area contributed by atoms with Crippen LogP contribution in [-0.4, -0.2) is 27.1 Å². The maximum atomic E-state index is 13.0. The van der Waals surface area contributed by atoms with Crippen molar-refractivity contribution in [3.8, 4) is 0 Å². The van der Waals surface area contributed by atoms with Gasteiger partial charge in [0.1, 0.15) is 17.1 Å². The van der Waals surface area contributed by atoms with Gasteiger partial charge in [-0.15, -0.1) is 0 Å². The Kier molecular flexibility index (Phi) is 8.44. The number of fused-ring (bicyclic) bond motifs is 1. The molecule has 0 saturated carbocycles. The molecule has 0 radical (unpaired) electrons. The topological polar surface area (TPSA) is 141 Å². The number of benzene rings is 3. The number of ether oxygens (including phenoxy) is 2. The van der Waals surface area contributed by atoms with Crippen molar-refractivity contribution in [3.63, 3.8) is 0 Å². The zero-order valence-electron chi connectivity index (χ0n) is 20.2. The van der Waals surface area contributed by atoms with E-state index < -0.39 is 27.7 Å². The van der Waals surface area contributed by atoms with Crippen LogP contribution in [0.1, 0.15) is 22.8 Å². The molecule has 0 aliphatic rings. The monoisotopic (exact) mass is 590 g/mol. The molecule has 1 aromatic heterocycles. The van der Waals surface area contributed by atoms with Crippen LogP contribution in [0.2, 0.25) is 10.0 Å². The lowest BCUT2D eigenvalue weighted by Crippen LogP contribution is -2.17. The van der Waals surface area contributed by atoms with Gasteiger partial charge in [0, 0.05) is 33.8 Å². The normalized spacial score (nSPS) is 11.2. The molecule has 0 fully saturated rings. The molecule has 0 aliphatic heterocycles. The highest BCUT2D eigenvalue weighted by molar-refractivity contribution is 7.92. The molecule has 10 nitrogen and oxygen atoms in total. The van der Waals surface area contributed by atoms with Gasteiger partial charge in [0.2, 0.25) is 0 Å². The number of hydrogen-bond acceptors (Lipinski definition) is 8. The molecule has 0 saturated heterocycles. The fourth-order valence-corrected chi connectivity index (χ4v) is 5.41. The highest BCUT2D eigenvalue weighted by atomic mass is 35.5. The number of esters is 1. The molecule has 2 N–H and O–H groups in total. The molecule has 0 bridgehead atoms. The van der Waals surface area contributed by atoms with Crippen LogP contribution < -0.4 is 15.7 Å². The number of sulfonamides is 1. The predicted octanol–water partition coefficient (Wildman–Crippen LogP) is 5.83. The first-order chi connectivity index (χ1) is 18.6. The fourth-order valence-electron chi connectivity index (χ4n) is 3.57.